The van der Waals surface area contributed by atoms with E-state index in [0.29, 0.717) is 10.9 Å². The molecule has 3 rings (SSSR count). The monoisotopic (exact) mass is 378 g/mol. The van der Waals surface area contributed by atoms with Gasteiger partial charge in [0.25, 0.3) is 10.1 Å². The summed E-state index contributed by atoms with van der Waals surface area (Å²) < 4.78 is 41.4. The molecular formula is C13H15ClN2O5S2. The average Bonchev–Trinajstić information content (AvgIpc) is 3.18. The van der Waals surface area contributed by atoms with Gasteiger partial charge in [-0.15, -0.1) is 11.3 Å². The maximum Gasteiger partial charge on any atom is 0.264 e. The Morgan fingerprint density at radius 3 is 3.00 bits per heavy atom. The third-order valence-corrected chi connectivity index (χ3v) is 5.15. The van der Waals surface area contributed by atoms with Gasteiger partial charge >= 0.3 is 0 Å². The molecule has 0 bridgehead atoms. The van der Waals surface area contributed by atoms with Gasteiger partial charge in [0.05, 0.1) is 41.6 Å². The highest BCUT2D eigenvalue weighted by Gasteiger charge is 2.45. The van der Waals surface area contributed by atoms with Gasteiger partial charge in [0, 0.05) is 12.4 Å². The molecule has 23 heavy (non-hydrogen) atoms. The molecule has 0 saturated carbocycles. The number of rotatable bonds is 6. The Kier molecular flexibility index (Phi) is 4.77. The van der Waals surface area contributed by atoms with Gasteiger partial charge in [0.15, 0.2) is 0 Å². The van der Waals surface area contributed by atoms with Gasteiger partial charge in [-0.3, -0.25) is 4.18 Å². The van der Waals surface area contributed by atoms with E-state index in [9.17, 15) is 8.42 Å². The maximum atomic E-state index is 11.1. The molecular weight excluding hydrogens is 364 g/mol. The minimum Gasteiger partial charge on any atom is -0.341 e. The molecule has 1 aliphatic heterocycles. The van der Waals surface area contributed by atoms with E-state index in [-0.39, 0.29) is 13.2 Å². The lowest BCUT2D eigenvalue weighted by atomic mass is 10.2. The van der Waals surface area contributed by atoms with Crippen molar-refractivity contribution >= 4 is 33.1 Å². The number of halogens is 1. The molecule has 126 valence electrons. The van der Waals surface area contributed by atoms with E-state index >= 15 is 0 Å². The predicted molar refractivity (Wildman–Crippen MR) is 84.9 cm³/mol. The van der Waals surface area contributed by atoms with Crippen LogP contribution in [0.15, 0.2) is 30.9 Å². The summed E-state index contributed by atoms with van der Waals surface area (Å²) in [7, 11) is -3.53. The van der Waals surface area contributed by atoms with Gasteiger partial charge in [0.1, 0.15) is 6.10 Å². The van der Waals surface area contributed by atoms with E-state index < -0.39 is 22.0 Å². The van der Waals surface area contributed by atoms with E-state index in [1.165, 1.54) is 11.3 Å². The molecule has 0 aliphatic carbocycles. The molecule has 1 saturated heterocycles. The van der Waals surface area contributed by atoms with E-state index in [1.807, 2.05) is 10.6 Å². The predicted octanol–water partition coefficient (Wildman–Crippen LogP) is 1.84. The van der Waals surface area contributed by atoms with E-state index in [4.69, 9.17) is 25.3 Å². The molecule has 0 spiro atoms. The van der Waals surface area contributed by atoms with E-state index in [2.05, 4.69) is 4.98 Å². The van der Waals surface area contributed by atoms with Crippen molar-refractivity contribution in [1.29, 1.82) is 0 Å². The molecule has 0 radical (unpaired) electrons. The number of aromatic nitrogens is 2. The Bertz CT molecular complexity index is 761. The van der Waals surface area contributed by atoms with Crippen LogP contribution in [0.1, 0.15) is 4.88 Å². The zero-order valence-electron chi connectivity index (χ0n) is 12.2. The second-order valence-electron chi connectivity index (χ2n) is 5.13. The summed E-state index contributed by atoms with van der Waals surface area (Å²) in [5.74, 6) is -1.04. The molecule has 2 aromatic heterocycles. The minimum absolute atomic E-state index is 0.0936. The van der Waals surface area contributed by atoms with Crippen LogP contribution in [0, 0.1) is 0 Å². The molecule has 0 unspecified atom stereocenters. The Labute approximate surface area is 142 Å². The summed E-state index contributed by atoms with van der Waals surface area (Å²) in [5.41, 5.74) is 0. The standard InChI is InChI=1S/C13H15ClN2O5S2/c1-23(17,18)20-7-10-6-19-13(21-10,8-16-5-4-15-9-16)11-2-3-12(14)22-11/h2-5,9-10H,6-8H2,1H3/t10-,13+/m0/s1. The molecule has 2 aromatic rings. The minimum atomic E-state index is -3.53. The normalized spacial score (nSPS) is 25.0. The summed E-state index contributed by atoms with van der Waals surface area (Å²) in [5, 5.41) is 0. The second-order valence-corrected chi connectivity index (χ2v) is 8.49. The zero-order valence-corrected chi connectivity index (χ0v) is 14.6. The number of thiophene rings is 1. The number of hydrogen-bond acceptors (Lipinski definition) is 7. The lowest BCUT2D eigenvalue weighted by Gasteiger charge is -2.27. The van der Waals surface area contributed by atoms with Crippen LogP contribution in [0.2, 0.25) is 4.34 Å². The Hall–Kier alpha value is -0.970. The van der Waals surface area contributed by atoms with Gasteiger partial charge in [-0.2, -0.15) is 8.42 Å². The first-order valence-electron chi connectivity index (χ1n) is 6.74. The number of nitrogens with zero attached hydrogens (tertiary/aromatic N) is 2. The van der Waals surface area contributed by atoms with Crippen LogP contribution in [-0.4, -0.2) is 43.5 Å². The molecule has 3 heterocycles. The molecule has 0 aromatic carbocycles. The van der Waals surface area contributed by atoms with Gasteiger partial charge in [0.2, 0.25) is 5.79 Å². The van der Waals surface area contributed by atoms with Crippen LogP contribution in [0.5, 0.6) is 0 Å². The highest BCUT2D eigenvalue weighted by molar-refractivity contribution is 7.85. The van der Waals surface area contributed by atoms with Crippen molar-refractivity contribution < 1.29 is 22.1 Å². The molecule has 10 heteroatoms. The number of ether oxygens (including phenoxy) is 2. The van der Waals surface area contributed by atoms with Gasteiger partial charge in [-0.05, 0) is 12.1 Å². The van der Waals surface area contributed by atoms with Crippen molar-refractivity contribution in [3.8, 4) is 0 Å². The van der Waals surface area contributed by atoms with E-state index in [1.54, 1.807) is 24.8 Å². The average molecular weight is 379 g/mol. The SMILES string of the molecule is CS(=O)(=O)OC[C@@H]1CO[C@@](Cn2ccnc2)(c2ccc(Cl)s2)O1. The fraction of sp³-hybridized carbons (Fsp3) is 0.462. The fourth-order valence-electron chi connectivity index (χ4n) is 2.28. The highest BCUT2D eigenvalue weighted by atomic mass is 35.5. The zero-order chi connectivity index (χ0) is 16.5. The molecule has 0 N–H and O–H groups in total. The maximum absolute atomic E-state index is 11.1. The van der Waals surface area contributed by atoms with Gasteiger partial charge < -0.3 is 14.0 Å². The van der Waals surface area contributed by atoms with Gasteiger partial charge in [-0.1, -0.05) is 11.6 Å². The fourth-order valence-corrected chi connectivity index (χ4v) is 3.80. The smallest absolute Gasteiger partial charge is 0.264 e. The summed E-state index contributed by atoms with van der Waals surface area (Å²) in [6, 6.07) is 3.61. The molecule has 2 atom stereocenters. The summed E-state index contributed by atoms with van der Waals surface area (Å²) in [6.45, 7) is 0.503. The van der Waals surface area contributed by atoms with Crippen molar-refractivity contribution in [2.24, 2.45) is 0 Å². The topological polar surface area (TPSA) is 79.7 Å². The molecule has 0 amide bonds. The van der Waals surface area contributed by atoms with Crippen LogP contribution >= 0.6 is 22.9 Å². The van der Waals surface area contributed by atoms with Crippen molar-refractivity contribution in [1.82, 2.24) is 9.55 Å². The van der Waals surface area contributed by atoms with Crippen LogP contribution in [0.3, 0.4) is 0 Å². The first-order chi connectivity index (χ1) is 10.9. The Balaban J connectivity index is 1.80. The number of imidazole rings is 1. The van der Waals surface area contributed by atoms with Gasteiger partial charge in [-0.25, -0.2) is 4.98 Å². The van der Waals surface area contributed by atoms with Crippen molar-refractivity contribution in [3.05, 3.63) is 40.1 Å². The first-order valence-corrected chi connectivity index (χ1v) is 9.75. The summed E-state index contributed by atoms with van der Waals surface area (Å²) >= 11 is 7.38. The Morgan fingerprint density at radius 2 is 2.39 bits per heavy atom. The van der Waals surface area contributed by atoms with Crippen LogP contribution in [0.4, 0.5) is 0 Å². The lowest BCUT2D eigenvalue weighted by molar-refractivity contribution is -0.186. The first kappa shape index (κ1) is 16.9. The molecule has 1 fully saturated rings. The van der Waals surface area contributed by atoms with Crippen molar-refractivity contribution in [3.63, 3.8) is 0 Å². The number of hydrogen-bond donors (Lipinski definition) is 0. The second kappa shape index (κ2) is 6.50. The third kappa shape index (κ3) is 4.11. The summed E-state index contributed by atoms with van der Waals surface area (Å²) in [6.07, 6.45) is 5.62. The summed E-state index contributed by atoms with van der Waals surface area (Å²) in [4.78, 5) is 4.81. The van der Waals surface area contributed by atoms with Crippen LogP contribution in [0.25, 0.3) is 0 Å². The molecule has 1 aliphatic rings. The lowest BCUT2D eigenvalue weighted by Crippen LogP contribution is -2.33. The van der Waals surface area contributed by atoms with E-state index in [0.717, 1.165) is 11.1 Å². The van der Waals surface area contributed by atoms with Crippen molar-refractivity contribution in [2.45, 2.75) is 18.4 Å². The largest absolute Gasteiger partial charge is 0.341 e. The van der Waals surface area contributed by atoms with Crippen LogP contribution < -0.4 is 0 Å². The molecule has 7 nitrogen and oxygen atoms in total. The quantitative estimate of drug-likeness (QED) is 0.713. The highest BCUT2D eigenvalue weighted by Crippen LogP contribution is 2.40. The van der Waals surface area contributed by atoms with Crippen LogP contribution in [-0.2, 0) is 36.1 Å². The third-order valence-electron chi connectivity index (χ3n) is 3.23. The van der Waals surface area contributed by atoms with Crippen molar-refractivity contribution in [2.75, 3.05) is 19.5 Å². The Morgan fingerprint density at radius 1 is 1.57 bits per heavy atom.